The zero-order valence-corrected chi connectivity index (χ0v) is 13.8. The van der Waals surface area contributed by atoms with Gasteiger partial charge >= 0.3 is 0 Å². The molecule has 1 aliphatic carbocycles. The first-order valence-corrected chi connectivity index (χ1v) is 9.05. The van der Waals surface area contributed by atoms with Crippen molar-refractivity contribution >= 4 is 11.3 Å². The van der Waals surface area contributed by atoms with E-state index in [-0.39, 0.29) is 6.04 Å². The van der Waals surface area contributed by atoms with E-state index in [1.807, 2.05) is 0 Å². The Bertz CT molecular complexity index is 599. The molecule has 5 nitrogen and oxygen atoms in total. The van der Waals surface area contributed by atoms with E-state index < -0.39 is 0 Å². The zero-order valence-electron chi connectivity index (χ0n) is 12.9. The van der Waals surface area contributed by atoms with Crippen LogP contribution < -0.4 is 0 Å². The van der Waals surface area contributed by atoms with Gasteiger partial charge in [0.15, 0.2) is 5.82 Å². The second kappa shape index (κ2) is 6.10. The summed E-state index contributed by atoms with van der Waals surface area (Å²) in [6.45, 7) is 7.57. The summed E-state index contributed by atoms with van der Waals surface area (Å²) in [5, 5.41) is 8.53. The van der Waals surface area contributed by atoms with E-state index in [0.717, 1.165) is 44.4 Å². The zero-order chi connectivity index (χ0) is 14.9. The van der Waals surface area contributed by atoms with Gasteiger partial charge in [-0.05, 0) is 42.2 Å². The first-order chi connectivity index (χ1) is 10.8. The fourth-order valence-electron chi connectivity index (χ4n) is 3.03. The monoisotopic (exact) mass is 318 g/mol. The minimum Gasteiger partial charge on any atom is -0.338 e. The third-order valence-corrected chi connectivity index (χ3v) is 5.43. The molecule has 2 aliphatic rings. The molecule has 4 rings (SSSR count). The lowest BCUT2D eigenvalue weighted by atomic mass is 10.2. The summed E-state index contributed by atoms with van der Waals surface area (Å²) in [4.78, 5) is 9.57. The number of hydrogen-bond donors (Lipinski definition) is 0. The number of nitrogens with zero attached hydrogens (tertiary/aromatic N) is 4. The number of rotatable bonds is 5. The van der Waals surface area contributed by atoms with Crippen LogP contribution >= 0.6 is 11.3 Å². The van der Waals surface area contributed by atoms with Crippen LogP contribution in [0, 0.1) is 0 Å². The van der Waals surface area contributed by atoms with E-state index in [1.54, 1.807) is 11.3 Å². The van der Waals surface area contributed by atoms with Gasteiger partial charge in [0.25, 0.3) is 0 Å². The van der Waals surface area contributed by atoms with Crippen LogP contribution in [-0.2, 0) is 6.54 Å². The standard InChI is InChI=1S/C16H22N4OS/c1-12(16-17-15(18-21-16)14-2-3-14)20-7-5-19(6-8-20)10-13-4-9-22-11-13/h4,9,11-12,14H,2-3,5-8,10H2,1H3/t12-/m1/s1. The number of thiophene rings is 1. The van der Waals surface area contributed by atoms with Crippen LogP contribution in [-0.4, -0.2) is 46.1 Å². The summed E-state index contributed by atoms with van der Waals surface area (Å²) in [6.07, 6.45) is 2.43. The Morgan fingerprint density at radius 3 is 2.82 bits per heavy atom. The van der Waals surface area contributed by atoms with Gasteiger partial charge < -0.3 is 4.52 Å². The molecular weight excluding hydrogens is 296 g/mol. The summed E-state index contributed by atoms with van der Waals surface area (Å²) in [5.41, 5.74) is 1.43. The Hall–Kier alpha value is -1.24. The Balaban J connectivity index is 1.32. The smallest absolute Gasteiger partial charge is 0.243 e. The fourth-order valence-corrected chi connectivity index (χ4v) is 3.69. The van der Waals surface area contributed by atoms with Crippen LogP contribution in [0.2, 0.25) is 0 Å². The average Bonchev–Trinajstić information content (AvgIpc) is 3.06. The summed E-state index contributed by atoms with van der Waals surface area (Å²) in [5.74, 6) is 2.26. The van der Waals surface area contributed by atoms with Gasteiger partial charge in [-0.25, -0.2) is 0 Å². The quantitative estimate of drug-likeness (QED) is 0.848. The second-order valence-corrected chi connectivity index (χ2v) is 7.16. The van der Waals surface area contributed by atoms with Crippen molar-refractivity contribution in [2.24, 2.45) is 0 Å². The maximum atomic E-state index is 5.48. The molecule has 3 heterocycles. The normalized spacial score (nSPS) is 22.0. The summed E-state index contributed by atoms with van der Waals surface area (Å²) >= 11 is 1.78. The van der Waals surface area contributed by atoms with Crippen molar-refractivity contribution in [2.75, 3.05) is 26.2 Å². The van der Waals surface area contributed by atoms with Crippen LogP contribution in [0.5, 0.6) is 0 Å². The third-order valence-electron chi connectivity index (χ3n) is 4.70. The number of piperazine rings is 1. The second-order valence-electron chi connectivity index (χ2n) is 6.38. The lowest BCUT2D eigenvalue weighted by Crippen LogP contribution is -2.46. The molecule has 6 heteroatoms. The molecule has 1 atom stereocenters. The van der Waals surface area contributed by atoms with Crippen molar-refractivity contribution in [3.63, 3.8) is 0 Å². The minimum absolute atomic E-state index is 0.225. The van der Waals surface area contributed by atoms with Gasteiger partial charge in [-0.1, -0.05) is 5.16 Å². The topological polar surface area (TPSA) is 45.4 Å². The predicted molar refractivity (Wildman–Crippen MR) is 85.9 cm³/mol. The summed E-state index contributed by atoms with van der Waals surface area (Å²) in [7, 11) is 0. The van der Waals surface area contributed by atoms with E-state index in [2.05, 4.69) is 43.7 Å². The molecule has 0 unspecified atom stereocenters. The van der Waals surface area contributed by atoms with Crippen LogP contribution in [0.3, 0.4) is 0 Å². The largest absolute Gasteiger partial charge is 0.338 e. The van der Waals surface area contributed by atoms with Crippen molar-refractivity contribution in [1.29, 1.82) is 0 Å². The molecule has 0 spiro atoms. The first-order valence-electron chi connectivity index (χ1n) is 8.10. The van der Waals surface area contributed by atoms with Crippen molar-refractivity contribution in [3.8, 4) is 0 Å². The molecule has 0 aromatic carbocycles. The van der Waals surface area contributed by atoms with E-state index in [1.165, 1.54) is 18.4 Å². The van der Waals surface area contributed by atoms with Gasteiger partial charge in [-0.15, -0.1) is 0 Å². The van der Waals surface area contributed by atoms with E-state index >= 15 is 0 Å². The highest BCUT2D eigenvalue weighted by Gasteiger charge is 2.31. The van der Waals surface area contributed by atoms with Gasteiger partial charge in [0.2, 0.25) is 5.89 Å². The van der Waals surface area contributed by atoms with Crippen molar-refractivity contribution in [3.05, 3.63) is 34.1 Å². The summed E-state index contributed by atoms with van der Waals surface area (Å²) < 4.78 is 5.48. The molecule has 2 fully saturated rings. The Morgan fingerprint density at radius 2 is 2.14 bits per heavy atom. The molecule has 22 heavy (non-hydrogen) atoms. The maximum absolute atomic E-state index is 5.48. The lowest BCUT2D eigenvalue weighted by Gasteiger charge is -2.36. The molecule has 0 amide bonds. The molecule has 118 valence electrons. The third kappa shape index (κ3) is 3.09. The summed E-state index contributed by atoms with van der Waals surface area (Å²) in [6, 6.07) is 2.45. The minimum atomic E-state index is 0.225. The van der Waals surface area contributed by atoms with Crippen LogP contribution in [0.25, 0.3) is 0 Å². The SMILES string of the molecule is C[C@H](c1nc(C2CC2)no1)N1CCN(Cc2ccsc2)CC1. The lowest BCUT2D eigenvalue weighted by molar-refractivity contribution is 0.0846. The average molecular weight is 318 g/mol. The Kier molecular flexibility index (Phi) is 3.98. The van der Waals surface area contributed by atoms with Gasteiger partial charge in [-0.3, -0.25) is 9.80 Å². The van der Waals surface area contributed by atoms with Gasteiger partial charge in [0.05, 0.1) is 6.04 Å². The molecule has 2 aromatic heterocycles. The van der Waals surface area contributed by atoms with Crippen molar-refractivity contribution in [1.82, 2.24) is 19.9 Å². The molecule has 1 saturated carbocycles. The highest BCUT2D eigenvalue weighted by molar-refractivity contribution is 7.07. The predicted octanol–water partition coefficient (Wildman–Crippen LogP) is 2.89. The highest BCUT2D eigenvalue weighted by Crippen LogP contribution is 2.38. The van der Waals surface area contributed by atoms with E-state index in [0.29, 0.717) is 5.92 Å². The number of hydrogen-bond acceptors (Lipinski definition) is 6. The van der Waals surface area contributed by atoms with Crippen molar-refractivity contribution < 1.29 is 4.52 Å². The van der Waals surface area contributed by atoms with Gasteiger partial charge in [-0.2, -0.15) is 16.3 Å². The number of aromatic nitrogens is 2. The maximum Gasteiger partial charge on any atom is 0.243 e. The van der Waals surface area contributed by atoms with Crippen LogP contribution in [0.1, 0.15) is 49.0 Å². The van der Waals surface area contributed by atoms with E-state index in [4.69, 9.17) is 4.52 Å². The van der Waals surface area contributed by atoms with Gasteiger partial charge in [0.1, 0.15) is 0 Å². The Labute approximate surface area is 134 Å². The molecule has 1 saturated heterocycles. The fraction of sp³-hybridized carbons (Fsp3) is 0.625. The molecule has 0 N–H and O–H groups in total. The molecule has 0 bridgehead atoms. The molecular formula is C16H22N4OS. The molecule has 2 aromatic rings. The van der Waals surface area contributed by atoms with E-state index in [9.17, 15) is 0 Å². The van der Waals surface area contributed by atoms with Gasteiger partial charge in [0, 0.05) is 38.6 Å². The Morgan fingerprint density at radius 1 is 1.32 bits per heavy atom. The first kappa shape index (κ1) is 14.4. The van der Waals surface area contributed by atoms with Crippen LogP contribution in [0.15, 0.2) is 21.3 Å². The van der Waals surface area contributed by atoms with Crippen LogP contribution in [0.4, 0.5) is 0 Å². The highest BCUT2D eigenvalue weighted by atomic mass is 32.1. The van der Waals surface area contributed by atoms with Crippen molar-refractivity contribution in [2.45, 2.75) is 38.3 Å². The molecule has 1 aliphatic heterocycles. The molecule has 0 radical (unpaired) electrons.